The minimum absolute atomic E-state index is 0.0206. The summed E-state index contributed by atoms with van der Waals surface area (Å²) in [5.41, 5.74) is 5.63. The van der Waals surface area contributed by atoms with Crippen LogP contribution in [-0.4, -0.2) is 13.0 Å². The van der Waals surface area contributed by atoms with Crippen LogP contribution in [0.3, 0.4) is 0 Å². The molecular weight excluding hydrogens is 298 g/mol. The highest BCUT2D eigenvalue weighted by molar-refractivity contribution is 5.79. The Balaban J connectivity index is 2.10. The quantitative estimate of drug-likeness (QED) is 0.853. The van der Waals surface area contributed by atoms with Gasteiger partial charge in [0.25, 0.3) is 0 Å². The SMILES string of the molecule is CCC(NC(=O)Cc1cc(C)ccc1C)c1ccc(OC)c(C)c1. The van der Waals surface area contributed by atoms with E-state index in [0.717, 1.165) is 34.4 Å². The molecule has 3 heteroatoms. The second-order valence-electron chi connectivity index (χ2n) is 6.36. The normalized spacial score (nSPS) is 11.9. The van der Waals surface area contributed by atoms with Crippen molar-refractivity contribution in [3.8, 4) is 5.75 Å². The first-order valence-corrected chi connectivity index (χ1v) is 8.44. The summed E-state index contributed by atoms with van der Waals surface area (Å²) in [4.78, 5) is 12.5. The lowest BCUT2D eigenvalue weighted by Gasteiger charge is -2.19. The van der Waals surface area contributed by atoms with Gasteiger partial charge >= 0.3 is 0 Å². The molecule has 0 radical (unpaired) electrons. The standard InChI is InChI=1S/C21H27NO2/c1-6-19(17-9-10-20(24-5)16(4)12-17)22-21(23)13-18-11-14(2)7-8-15(18)3/h7-12,19H,6,13H2,1-5H3,(H,22,23). The van der Waals surface area contributed by atoms with Crippen LogP contribution < -0.4 is 10.1 Å². The van der Waals surface area contributed by atoms with Crippen molar-refractivity contribution in [1.29, 1.82) is 0 Å². The van der Waals surface area contributed by atoms with E-state index < -0.39 is 0 Å². The van der Waals surface area contributed by atoms with E-state index in [9.17, 15) is 4.79 Å². The van der Waals surface area contributed by atoms with E-state index in [1.54, 1.807) is 7.11 Å². The summed E-state index contributed by atoms with van der Waals surface area (Å²) in [7, 11) is 1.67. The summed E-state index contributed by atoms with van der Waals surface area (Å²) >= 11 is 0. The average Bonchev–Trinajstić information content (AvgIpc) is 2.56. The van der Waals surface area contributed by atoms with E-state index in [0.29, 0.717) is 6.42 Å². The molecule has 0 fully saturated rings. The predicted octanol–water partition coefficient (Wildman–Crippen LogP) is 4.43. The van der Waals surface area contributed by atoms with E-state index in [-0.39, 0.29) is 11.9 Å². The van der Waals surface area contributed by atoms with Crippen molar-refractivity contribution in [2.75, 3.05) is 7.11 Å². The largest absolute Gasteiger partial charge is 0.496 e. The first-order chi connectivity index (χ1) is 11.4. The van der Waals surface area contributed by atoms with Crippen LogP contribution in [-0.2, 0) is 11.2 Å². The minimum atomic E-state index is 0.0206. The molecule has 128 valence electrons. The highest BCUT2D eigenvalue weighted by atomic mass is 16.5. The molecule has 0 saturated heterocycles. The summed E-state index contributed by atoms with van der Waals surface area (Å²) in [6, 6.07) is 12.3. The van der Waals surface area contributed by atoms with E-state index in [2.05, 4.69) is 43.4 Å². The molecule has 2 aromatic carbocycles. The Morgan fingerprint density at radius 3 is 2.46 bits per heavy atom. The van der Waals surface area contributed by atoms with Crippen LogP contribution in [0.5, 0.6) is 5.75 Å². The molecule has 0 saturated carbocycles. The maximum atomic E-state index is 12.5. The highest BCUT2D eigenvalue weighted by Crippen LogP contribution is 2.24. The maximum absolute atomic E-state index is 12.5. The Morgan fingerprint density at radius 1 is 1.08 bits per heavy atom. The number of carbonyl (C=O) groups excluding carboxylic acids is 1. The van der Waals surface area contributed by atoms with Gasteiger partial charge in [-0.1, -0.05) is 42.8 Å². The van der Waals surface area contributed by atoms with Crippen molar-refractivity contribution in [1.82, 2.24) is 5.32 Å². The number of aryl methyl sites for hydroxylation is 3. The lowest BCUT2D eigenvalue weighted by molar-refractivity contribution is -0.121. The van der Waals surface area contributed by atoms with Gasteiger partial charge in [0, 0.05) is 0 Å². The molecular formula is C21H27NO2. The Labute approximate surface area is 145 Å². The van der Waals surface area contributed by atoms with Gasteiger partial charge in [-0.2, -0.15) is 0 Å². The zero-order valence-corrected chi connectivity index (χ0v) is 15.3. The second-order valence-corrected chi connectivity index (χ2v) is 6.36. The highest BCUT2D eigenvalue weighted by Gasteiger charge is 2.15. The summed E-state index contributed by atoms with van der Waals surface area (Å²) in [6.07, 6.45) is 1.27. The number of nitrogens with one attached hydrogen (secondary N) is 1. The third-order valence-electron chi connectivity index (χ3n) is 4.42. The number of carbonyl (C=O) groups is 1. The zero-order chi connectivity index (χ0) is 17.7. The molecule has 0 spiro atoms. The summed E-state index contributed by atoms with van der Waals surface area (Å²) in [6.45, 7) is 8.21. The molecule has 2 rings (SSSR count). The zero-order valence-electron chi connectivity index (χ0n) is 15.3. The van der Waals surface area contributed by atoms with Crippen LogP contribution in [0.15, 0.2) is 36.4 Å². The van der Waals surface area contributed by atoms with E-state index in [4.69, 9.17) is 4.74 Å². The molecule has 0 aromatic heterocycles. The fourth-order valence-electron chi connectivity index (χ4n) is 2.95. The third-order valence-corrected chi connectivity index (χ3v) is 4.42. The monoisotopic (exact) mass is 325 g/mol. The van der Waals surface area contributed by atoms with Crippen LogP contribution in [0.4, 0.5) is 0 Å². The first kappa shape index (κ1) is 18.1. The van der Waals surface area contributed by atoms with Crippen molar-refractivity contribution in [2.24, 2.45) is 0 Å². The van der Waals surface area contributed by atoms with E-state index in [1.807, 2.05) is 26.0 Å². The lowest BCUT2D eigenvalue weighted by atomic mass is 10.00. The van der Waals surface area contributed by atoms with Gasteiger partial charge in [-0.25, -0.2) is 0 Å². The molecule has 1 N–H and O–H groups in total. The lowest BCUT2D eigenvalue weighted by Crippen LogP contribution is -2.29. The average molecular weight is 325 g/mol. The predicted molar refractivity (Wildman–Crippen MR) is 98.5 cm³/mol. The molecule has 0 aliphatic rings. The summed E-state index contributed by atoms with van der Waals surface area (Å²) in [5.74, 6) is 0.930. The van der Waals surface area contributed by atoms with Crippen molar-refractivity contribution >= 4 is 5.91 Å². The molecule has 24 heavy (non-hydrogen) atoms. The second kappa shape index (κ2) is 8.00. The maximum Gasteiger partial charge on any atom is 0.224 e. The molecule has 2 aromatic rings. The van der Waals surface area contributed by atoms with Crippen molar-refractivity contribution in [3.63, 3.8) is 0 Å². The van der Waals surface area contributed by atoms with E-state index in [1.165, 1.54) is 5.56 Å². The Bertz CT molecular complexity index is 722. The van der Waals surface area contributed by atoms with Gasteiger partial charge in [-0.15, -0.1) is 0 Å². The van der Waals surface area contributed by atoms with E-state index >= 15 is 0 Å². The fourth-order valence-corrected chi connectivity index (χ4v) is 2.95. The Morgan fingerprint density at radius 2 is 1.83 bits per heavy atom. The summed E-state index contributed by atoms with van der Waals surface area (Å²) in [5, 5.41) is 3.16. The number of ether oxygens (including phenoxy) is 1. The number of benzene rings is 2. The van der Waals surface area contributed by atoms with Gasteiger partial charge in [-0.05, 0) is 55.5 Å². The Hall–Kier alpha value is -2.29. The molecule has 3 nitrogen and oxygen atoms in total. The number of rotatable bonds is 6. The molecule has 0 aliphatic carbocycles. The van der Waals surface area contributed by atoms with Crippen LogP contribution in [0.25, 0.3) is 0 Å². The number of hydrogen-bond donors (Lipinski definition) is 1. The van der Waals surface area contributed by atoms with Crippen molar-refractivity contribution in [2.45, 2.75) is 46.6 Å². The Kier molecular flexibility index (Phi) is 6.02. The minimum Gasteiger partial charge on any atom is -0.496 e. The topological polar surface area (TPSA) is 38.3 Å². The fraction of sp³-hybridized carbons (Fsp3) is 0.381. The summed E-state index contributed by atoms with van der Waals surface area (Å²) < 4.78 is 5.31. The van der Waals surface area contributed by atoms with Gasteiger partial charge in [0.2, 0.25) is 5.91 Å². The molecule has 1 amide bonds. The van der Waals surface area contributed by atoms with Gasteiger partial charge in [-0.3, -0.25) is 4.79 Å². The van der Waals surface area contributed by atoms with Crippen molar-refractivity contribution < 1.29 is 9.53 Å². The van der Waals surface area contributed by atoms with Crippen molar-refractivity contribution in [3.05, 3.63) is 64.2 Å². The molecule has 0 bridgehead atoms. The van der Waals surface area contributed by atoms with Crippen LogP contribution in [0.2, 0.25) is 0 Å². The van der Waals surface area contributed by atoms with Gasteiger partial charge in [0.1, 0.15) is 5.75 Å². The smallest absolute Gasteiger partial charge is 0.224 e. The van der Waals surface area contributed by atoms with Crippen LogP contribution >= 0.6 is 0 Å². The number of hydrogen-bond acceptors (Lipinski definition) is 2. The van der Waals surface area contributed by atoms with Crippen LogP contribution in [0, 0.1) is 20.8 Å². The van der Waals surface area contributed by atoms with Gasteiger partial charge in [0.15, 0.2) is 0 Å². The molecule has 1 unspecified atom stereocenters. The molecule has 0 aliphatic heterocycles. The van der Waals surface area contributed by atoms with Gasteiger partial charge in [0.05, 0.1) is 19.6 Å². The first-order valence-electron chi connectivity index (χ1n) is 8.44. The van der Waals surface area contributed by atoms with Crippen LogP contribution in [0.1, 0.15) is 47.2 Å². The number of methoxy groups -OCH3 is 1. The van der Waals surface area contributed by atoms with Gasteiger partial charge < -0.3 is 10.1 Å². The third kappa shape index (κ3) is 4.38. The molecule has 1 atom stereocenters. The number of amides is 1. The molecule has 0 heterocycles.